The van der Waals surface area contributed by atoms with Gasteiger partial charge in [0.25, 0.3) is 0 Å². The second kappa shape index (κ2) is 34.3. The van der Waals surface area contributed by atoms with Crippen LogP contribution in [0.5, 0.6) is 0 Å². The fraction of sp³-hybridized carbons (Fsp3) is 0.868. The lowest BCUT2D eigenvalue weighted by Gasteiger charge is -2.18. The molecule has 0 aromatic heterocycles. The van der Waals surface area contributed by atoms with Crippen LogP contribution in [0.1, 0.15) is 181 Å². The molecular formula is C38H72NO10P. The van der Waals surface area contributed by atoms with Gasteiger partial charge in [0.15, 0.2) is 6.04 Å². The standard InChI is InChI=1S/C38H72NO10P/c1-3-5-7-9-11-12-13-14-15-16-17-18-19-20-21-22-24-25-27-29-36(41)39-35(38(43)44)33-49-50(45,46)48-32-34(40)31-47-37(42)30-28-26-23-10-8-6-4-2/h14-15,34-35,40H,3-13,16-33H2,1-2H3,(H,39,41)(H,43,44)(H,45,46)/b15-14+. The predicted molar refractivity (Wildman–Crippen MR) is 199 cm³/mol. The molecule has 11 nitrogen and oxygen atoms in total. The van der Waals surface area contributed by atoms with E-state index in [1.807, 2.05) is 0 Å². The monoisotopic (exact) mass is 733 g/mol. The highest BCUT2D eigenvalue weighted by Gasteiger charge is 2.28. The minimum Gasteiger partial charge on any atom is -0.480 e. The Morgan fingerprint density at radius 3 is 1.52 bits per heavy atom. The average Bonchev–Trinajstić information content (AvgIpc) is 3.08. The minimum absolute atomic E-state index is 0.146. The Morgan fingerprint density at radius 1 is 0.620 bits per heavy atom. The van der Waals surface area contributed by atoms with Gasteiger partial charge in [-0.15, -0.1) is 0 Å². The summed E-state index contributed by atoms with van der Waals surface area (Å²) >= 11 is 0. The molecule has 0 radical (unpaired) electrons. The number of allylic oxidation sites excluding steroid dienone is 2. The Hall–Kier alpha value is -1.78. The number of unbranched alkanes of at least 4 members (excludes halogenated alkanes) is 21. The maximum Gasteiger partial charge on any atom is 0.472 e. The van der Waals surface area contributed by atoms with Crippen molar-refractivity contribution in [3.63, 3.8) is 0 Å². The Bertz CT molecular complexity index is 916. The Labute approximate surface area is 303 Å². The van der Waals surface area contributed by atoms with Crippen LogP contribution in [0.4, 0.5) is 0 Å². The largest absolute Gasteiger partial charge is 0.480 e. The van der Waals surface area contributed by atoms with Crippen molar-refractivity contribution in [2.45, 2.75) is 193 Å². The molecule has 4 N–H and O–H groups in total. The van der Waals surface area contributed by atoms with Crippen LogP contribution in [0, 0.1) is 0 Å². The summed E-state index contributed by atoms with van der Waals surface area (Å²) in [7, 11) is -4.74. The number of hydrogen-bond acceptors (Lipinski definition) is 8. The van der Waals surface area contributed by atoms with E-state index in [0.29, 0.717) is 12.8 Å². The van der Waals surface area contributed by atoms with E-state index in [1.165, 1.54) is 103 Å². The van der Waals surface area contributed by atoms with E-state index in [1.54, 1.807) is 0 Å². The van der Waals surface area contributed by atoms with Crippen molar-refractivity contribution in [3.05, 3.63) is 12.2 Å². The molecule has 0 aromatic rings. The van der Waals surface area contributed by atoms with Crippen LogP contribution in [-0.2, 0) is 32.7 Å². The van der Waals surface area contributed by atoms with E-state index >= 15 is 0 Å². The molecule has 0 spiro atoms. The number of ether oxygens (including phenoxy) is 1. The lowest BCUT2D eigenvalue weighted by molar-refractivity contribution is -0.147. The maximum atomic E-state index is 12.3. The van der Waals surface area contributed by atoms with E-state index in [2.05, 4.69) is 31.3 Å². The summed E-state index contributed by atoms with van der Waals surface area (Å²) in [6.07, 6.45) is 31.2. The molecule has 0 rings (SSSR count). The van der Waals surface area contributed by atoms with Gasteiger partial charge in [0.2, 0.25) is 5.91 Å². The highest BCUT2D eigenvalue weighted by atomic mass is 31.2. The average molecular weight is 734 g/mol. The van der Waals surface area contributed by atoms with Gasteiger partial charge in [0, 0.05) is 12.8 Å². The highest BCUT2D eigenvalue weighted by molar-refractivity contribution is 7.47. The summed E-state index contributed by atoms with van der Waals surface area (Å²) in [6, 6.07) is -1.54. The van der Waals surface area contributed by atoms with E-state index in [0.717, 1.165) is 38.5 Å². The van der Waals surface area contributed by atoms with Crippen LogP contribution >= 0.6 is 7.82 Å². The minimum atomic E-state index is -4.74. The van der Waals surface area contributed by atoms with Crippen LogP contribution < -0.4 is 5.32 Å². The number of aliphatic hydroxyl groups excluding tert-OH is 1. The molecule has 0 fully saturated rings. The lowest BCUT2D eigenvalue weighted by Crippen LogP contribution is -2.43. The van der Waals surface area contributed by atoms with Crippen molar-refractivity contribution >= 4 is 25.7 Å². The van der Waals surface area contributed by atoms with Crippen molar-refractivity contribution in [2.75, 3.05) is 19.8 Å². The zero-order valence-corrected chi connectivity index (χ0v) is 32.4. The molecule has 3 unspecified atom stereocenters. The number of carboxylic acids is 1. The lowest BCUT2D eigenvalue weighted by atomic mass is 10.1. The van der Waals surface area contributed by atoms with Gasteiger partial charge >= 0.3 is 19.8 Å². The number of phosphoric ester groups is 1. The Balaban J connectivity index is 3.90. The van der Waals surface area contributed by atoms with Crippen LogP contribution in [0.2, 0.25) is 0 Å². The maximum absolute atomic E-state index is 12.3. The van der Waals surface area contributed by atoms with Crippen LogP contribution in [0.25, 0.3) is 0 Å². The smallest absolute Gasteiger partial charge is 0.472 e. The van der Waals surface area contributed by atoms with Gasteiger partial charge in [-0.3, -0.25) is 18.6 Å². The summed E-state index contributed by atoms with van der Waals surface area (Å²) in [5.41, 5.74) is 0. The summed E-state index contributed by atoms with van der Waals surface area (Å²) in [5, 5.41) is 21.7. The quantitative estimate of drug-likeness (QED) is 0.0209. The van der Waals surface area contributed by atoms with Crippen molar-refractivity contribution in [1.82, 2.24) is 5.32 Å². The highest BCUT2D eigenvalue weighted by Crippen LogP contribution is 2.43. The molecule has 12 heteroatoms. The van der Waals surface area contributed by atoms with E-state index in [9.17, 15) is 34.1 Å². The number of nitrogens with one attached hydrogen (secondary N) is 1. The number of rotatable bonds is 37. The van der Waals surface area contributed by atoms with E-state index < -0.39 is 57.6 Å². The second-order valence-electron chi connectivity index (χ2n) is 13.5. The summed E-state index contributed by atoms with van der Waals surface area (Å²) in [6.45, 7) is 2.52. The molecule has 0 saturated heterocycles. The van der Waals surface area contributed by atoms with E-state index in [4.69, 9.17) is 13.8 Å². The topological polar surface area (TPSA) is 169 Å². The number of aliphatic carboxylic acids is 1. The zero-order chi connectivity index (χ0) is 37.1. The molecule has 1 amide bonds. The summed E-state index contributed by atoms with van der Waals surface area (Å²) in [5.74, 6) is -2.38. The number of carbonyl (C=O) groups excluding carboxylic acids is 2. The third-order valence-electron chi connectivity index (χ3n) is 8.55. The second-order valence-corrected chi connectivity index (χ2v) is 14.9. The third-order valence-corrected chi connectivity index (χ3v) is 9.51. The first-order valence-electron chi connectivity index (χ1n) is 19.7. The number of carbonyl (C=O) groups is 3. The van der Waals surface area contributed by atoms with Crippen molar-refractivity contribution in [3.8, 4) is 0 Å². The molecule has 0 aliphatic heterocycles. The number of esters is 1. The van der Waals surface area contributed by atoms with Gasteiger partial charge < -0.3 is 25.2 Å². The molecule has 3 atom stereocenters. The molecule has 0 aliphatic rings. The van der Waals surface area contributed by atoms with Gasteiger partial charge in [0.05, 0.1) is 13.2 Å². The molecule has 0 aromatic carbocycles. The number of amides is 1. The number of phosphoric acid groups is 1. The van der Waals surface area contributed by atoms with Gasteiger partial charge in [0.1, 0.15) is 12.7 Å². The summed E-state index contributed by atoms with van der Waals surface area (Å²) in [4.78, 5) is 45.6. The normalized spacial score (nSPS) is 14.0. The van der Waals surface area contributed by atoms with Crippen LogP contribution in [-0.4, -0.2) is 64.9 Å². The fourth-order valence-electron chi connectivity index (χ4n) is 5.43. The number of hydrogen-bond donors (Lipinski definition) is 4. The molecule has 0 heterocycles. The van der Waals surface area contributed by atoms with Gasteiger partial charge in [-0.2, -0.15) is 0 Å². The first-order chi connectivity index (χ1) is 24.1. The van der Waals surface area contributed by atoms with Crippen LogP contribution in [0.15, 0.2) is 12.2 Å². The predicted octanol–water partition coefficient (Wildman–Crippen LogP) is 9.33. The Kier molecular flexibility index (Phi) is 33.1. The molecule has 294 valence electrons. The SMILES string of the molecule is CCCCCCCC/C=C/CCCCCCCCCCCC(=O)NC(COP(=O)(O)OCC(O)COC(=O)CCCCCCCCC)C(=O)O. The van der Waals surface area contributed by atoms with Gasteiger partial charge in [-0.05, 0) is 38.5 Å². The molecule has 0 aliphatic carbocycles. The van der Waals surface area contributed by atoms with Gasteiger partial charge in [-0.1, -0.05) is 142 Å². The van der Waals surface area contributed by atoms with E-state index in [-0.39, 0.29) is 12.8 Å². The molecule has 0 bridgehead atoms. The first kappa shape index (κ1) is 48.2. The number of aliphatic hydroxyl groups is 1. The molecule has 0 saturated carbocycles. The fourth-order valence-corrected chi connectivity index (χ4v) is 6.20. The Morgan fingerprint density at radius 2 is 1.04 bits per heavy atom. The molecule has 50 heavy (non-hydrogen) atoms. The zero-order valence-electron chi connectivity index (χ0n) is 31.5. The van der Waals surface area contributed by atoms with Gasteiger partial charge in [-0.25, -0.2) is 9.36 Å². The van der Waals surface area contributed by atoms with Crippen molar-refractivity contribution in [2.24, 2.45) is 0 Å². The van der Waals surface area contributed by atoms with Crippen LogP contribution in [0.3, 0.4) is 0 Å². The first-order valence-corrected chi connectivity index (χ1v) is 21.2. The third kappa shape index (κ3) is 33.4. The number of carboxylic acid groups (broad SMARTS) is 1. The molecular weight excluding hydrogens is 661 g/mol. The summed E-state index contributed by atoms with van der Waals surface area (Å²) < 4.78 is 26.6. The van der Waals surface area contributed by atoms with Crippen molar-refractivity contribution < 1.29 is 47.8 Å². The van der Waals surface area contributed by atoms with Crippen molar-refractivity contribution in [1.29, 1.82) is 0 Å².